The van der Waals surface area contributed by atoms with Gasteiger partial charge < -0.3 is 13.3 Å². The van der Waals surface area contributed by atoms with E-state index in [-0.39, 0.29) is 0 Å². The average Bonchev–Trinajstić information content (AvgIpc) is 1.61. The second kappa shape index (κ2) is 59.4. The SMILES string of the molecule is CC.CC.CC.CC.CC.CC1CCCCC1.Cc1ccccc1.Cc1ccccc1.Cc1ccccc1.Cc1ccccc1.Cc1ccccc1.Cc1ccccc1.c1ccc2c(c1)ccc1oc3ccccc3c12.c1ccc2c(c1)ccc1oc3ccccc3c12.c1ccc2c(c1)ccc1sc3ccccc3c12.c1ccc2c(c1)oc1ccccc12.c1ccc2c(c1)sc1ccccc12. The zero-order valence-electron chi connectivity index (χ0n) is 83.0. The average molecular weight is 1820 g/mol. The Labute approximate surface area is 818 Å². The van der Waals surface area contributed by atoms with Gasteiger partial charge in [0.2, 0.25) is 0 Å². The van der Waals surface area contributed by atoms with E-state index in [9.17, 15) is 0 Å². The number of furan rings is 3. The van der Waals surface area contributed by atoms with Crippen LogP contribution < -0.4 is 0 Å². The predicted octanol–water partition coefficient (Wildman–Crippen LogP) is 42.0. The van der Waals surface area contributed by atoms with Crippen molar-refractivity contribution in [2.75, 3.05) is 0 Å². The molecule has 136 heavy (non-hydrogen) atoms. The summed E-state index contributed by atoms with van der Waals surface area (Å²) in [5.74, 6) is 1.04. The van der Waals surface area contributed by atoms with Crippen molar-refractivity contribution in [3.8, 4) is 0 Å². The predicted molar refractivity (Wildman–Crippen MR) is 608 cm³/mol. The highest BCUT2D eigenvalue weighted by Crippen LogP contribution is 2.40. The van der Waals surface area contributed by atoms with E-state index in [1.54, 1.807) is 0 Å². The van der Waals surface area contributed by atoms with Gasteiger partial charge in [0.05, 0.1) is 0 Å². The topological polar surface area (TPSA) is 39.4 Å². The van der Waals surface area contributed by atoms with Crippen molar-refractivity contribution >= 4 is 161 Å². The third-order valence-corrected chi connectivity index (χ3v) is 24.2. The summed E-state index contributed by atoms with van der Waals surface area (Å²) in [6, 6.07) is 158. The van der Waals surface area contributed by atoms with Crippen molar-refractivity contribution in [2.45, 2.75) is 150 Å². The van der Waals surface area contributed by atoms with Gasteiger partial charge in [-0.25, -0.2) is 0 Å². The number of fused-ring (bicyclic) bond motifs is 21. The van der Waals surface area contributed by atoms with Crippen LogP contribution in [0.5, 0.6) is 0 Å². The van der Waals surface area contributed by atoms with Gasteiger partial charge in [-0.2, -0.15) is 0 Å². The van der Waals surface area contributed by atoms with Gasteiger partial charge in [-0.05, 0) is 140 Å². The third-order valence-electron chi connectivity index (χ3n) is 21.9. The zero-order chi connectivity index (χ0) is 96.9. The standard InChI is InChI=1S/2C16H10O.C16H10S.C12H8O.C12H8S.C7H14.6C7H8.5C2H6/c3*1-2-6-12-11(5-1)9-10-15-16(12)13-7-3-4-8-14(13)17-15;2*1-3-7-11-9(5-1)10-6-2-4-8-12(10)13-11;7*1-7-5-3-2-4-6-7;5*1-2/h3*1-10H;2*1-8H;7H,2-6H2,1H3;6*2-6H,1H3;5*1-2H3. The first-order valence-electron chi connectivity index (χ1n) is 48.7. The quantitative estimate of drug-likeness (QED) is 0.152. The van der Waals surface area contributed by atoms with Gasteiger partial charge in [-0.15, -0.1) is 22.7 Å². The maximum atomic E-state index is 5.86. The Bertz CT molecular complexity index is 6520. The van der Waals surface area contributed by atoms with Gasteiger partial charge in [0.15, 0.2) is 0 Å². The largest absolute Gasteiger partial charge is 0.456 e. The van der Waals surface area contributed by atoms with Crippen LogP contribution in [0.2, 0.25) is 0 Å². The lowest BCUT2D eigenvalue weighted by molar-refractivity contribution is 0.385. The van der Waals surface area contributed by atoms with Crippen molar-refractivity contribution < 1.29 is 13.3 Å². The van der Waals surface area contributed by atoms with Crippen molar-refractivity contribution in [1.29, 1.82) is 0 Å². The summed E-state index contributed by atoms with van der Waals surface area (Å²) in [6.45, 7) is 34.9. The Morgan fingerprint density at radius 2 is 0.382 bits per heavy atom. The van der Waals surface area contributed by atoms with Crippen LogP contribution in [0.1, 0.15) is 142 Å². The van der Waals surface area contributed by atoms with E-state index in [1.165, 1.54) is 170 Å². The van der Waals surface area contributed by atoms with Crippen LogP contribution in [0, 0.1) is 47.5 Å². The fraction of sp³-hybridized carbons (Fsp3) is 0.176. The number of rotatable bonds is 0. The van der Waals surface area contributed by atoms with E-state index in [0.717, 1.165) is 39.4 Å². The molecule has 1 saturated carbocycles. The molecule has 24 aromatic rings. The number of benzene rings is 19. The van der Waals surface area contributed by atoms with Gasteiger partial charge in [0.1, 0.15) is 33.5 Å². The van der Waals surface area contributed by atoms with E-state index in [0.29, 0.717) is 0 Å². The Kier molecular flexibility index (Phi) is 46.1. The molecule has 5 heteroatoms. The molecule has 0 radical (unpaired) electrons. The summed E-state index contributed by atoms with van der Waals surface area (Å²) < 4.78 is 22.9. The molecule has 19 aromatic carbocycles. The molecule has 1 aliphatic rings. The summed E-state index contributed by atoms with van der Waals surface area (Å²) in [5.41, 5.74) is 13.7. The first kappa shape index (κ1) is 105. The lowest BCUT2D eigenvalue weighted by Crippen LogP contribution is -1.99. The molecule has 25 rings (SSSR count). The number of thiophene rings is 2. The minimum Gasteiger partial charge on any atom is -0.456 e. The lowest BCUT2D eigenvalue weighted by atomic mass is 9.91. The van der Waals surface area contributed by atoms with Crippen LogP contribution in [0.4, 0.5) is 0 Å². The number of hydrogen-bond donors (Lipinski definition) is 0. The molecule has 3 nitrogen and oxygen atoms in total. The zero-order valence-corrected chi connectivity index (χ0v) is 84.7. The third kappa shape index (κ3) is 31.7. The second-order valence-corrected chi connectivity index (χ2v) is 33.8. The van der Waals surface area contributed by atoms with Crippen molar-refractivity contribution in [2.24, 2.45) is 5.92 Å². The maximum Gasteiger partial charge on any atom is 0.136 e. The monoisotopic (exact) mass is 1820 g/mol. The van der Waals surface area contributed by atoms with E-state index < -0.39 is 0 Å². The van der Waals surface area contributed by atoms with Gasteiger partial charge in [0.25, 0.3) is 0 Å². The molecule has 1 fully saturated rings. The van der Waals surface area contributed by atoms with Crippen LogP contribution in [-0.4, -0.2) is 0 Å². The van der Waals surface area contributed by atoms with Gasteiger partial charge in [-0.3, -0.25) is 0 Å². The normalized spacial score (nSPS) is 10.7. The molecule has 0 spiro atoms. The number of hydrogen-bond acceptors (Lipinski definition) is 5. The summed E-state index contributed by atoms with van der Waals surface area (Å²) in [5, 5.41) is 20.5. The van der Waals surface area contributed by atoms with Crippen LogP contribution in [0.3, 0.4) is 0 Å². The Morgan fingerprint density at radius 1 is 0.169 bits per heavy atom. The van der Waals surface area contributed by atoms with E-state index in [4.69, 9.17) is 13.3 Å². The first-order valence-corrected chi connectivity index (χ1v) is 50.3. The highest BCUT2D eigenvalue weighted by atomic mass is 32.1. The smallest absolute Gasteiger partial charge is 0.136 e. The summed E-state index contributed by atoms with van der Waals surface area (Å²) in [7, 11) is 0. The van der Waals surface area contributed by atoms with Crippen LogP contribution in [0.15, 0.2) is 474 Å². The van der Waals surface area contributed by atoms with Crippen molar-refractivity contribution in [1.82, 2.24) is 0 Å². The van der Waals surface area contributed by atoms with Crippen LogP contribution >= 0.6 is 22.7 Å². The first-order chi connectivity index (χ1) is 67.0. The van der Waals surface area contributed by atoms with E-state index >= 15 is 0 Å². The molecule has 0 atom stereocenters. The molecule has 0 unspecified atom stereocenters. The molecule has 0 saturated heterocycles. The molecule has 0 amide bonds. The molecule has 0 bridgehead atoms. The summed E-state index contributed by atoms with van der Waals surface area (Å²) >= 11 is 3.74. The van der Waals surface area contributed by atoms with Gasteiger partial charge >= 0.3 is 0 Å². The molecular formula is C131H138O3S2. The molecule has 692 valence electrons. The van der Waals surface area contributed by atoms with Crippen molar-refractivity contribution in [3.05, 3.63) is 494 Å². The second-order valence-electron chi connectivity index (χ2n) is 31.6. The molecule has 5 heterocycles. The van der Waals surface area contributed by atoms with E-state index in [2.05, 4.69) is 340 Å². The highest BCUT2D eigenvalue weighted by molar-refractivity contribution is 7.26. The highest BCUT2D eigenvalue weighted by Gasteiger charge is 2.13. The molecule has 1 aliphatic carbocycles. The van der Waals surface area contributed by atoms with Crippen LogP contribution in [-0.2, 0) is 0 Å². The van der Waals surface area contributed by atoms with Gasteiger partial charge in [0, 0.05) is 72.7 Å². The van der Waals surface area contributed by atoms with E-state index in [1.807, 2.05) is 262 Å². The summed E-state index contributed by atoms with van der Waals surface area (Å²) in [6.07, 6.45) is 7.44. The Balaban J connectivity index is 0.000000168. The molecule has 5 aromatic heterocycles. The van der Waals surface area contributed by atoms with Crippen molar-refractivity contribution in [3.63, 3.8) is 0 Å². The number of aryl methyl sites for hydroxylation is 6. The molecule has 0 N–H and O–H groups in total. The number of para-hydroxylation sites is 4. The fourth-order valence-electron chi connectivity index (χ4n) is 15.3. The maximum absolute atomic E-state index is 5.86. The van der Waals surface area contributed by atoms with Crippen LogP contribution in [0.25, 0.3) is 138 Å². The van der Waals surface area contributed by atoms with Gasteiger partial charge in [-0.1, -0.05) is 542 Å². The summed E-state index contributed by atoms with van der Waals surface area (Å²) in [4.78, 5) is 0. The molecule has 0 aliphatic heterocycles. The Morgan fingerprint density at radius 3 is 0.669 bits per heavy atom. The fourth-order valence-corrected chi connectivity index (χ4v) is 17.6. The molecular weight excluding hydrogens is 1690 g/mol. The lowest BCUT2D eigenvalue weighted by Gasteiger charge is -2.15. The minimum absolute atomic E-state index is 0.957. The Hall–Kier alpha value is -14.2. The minimum atomic E-state index is 0.957.